The average molecular weight is 323 g/mol. The lowest BCUT2D eigenvalue weighted by molar-refractivity contribution is 0.0935. The molecule has 0 spiro atoms. The molecule has 2 aromatic rings. The van der Waals surface area contributed by atoms with E-state index in [1.54, 1.807) is 13.2 Å². The summed E-state index contributed by atoms with van der Waals surface area (Å²) in [6, 6.07) is 7.67. The molecule has 0 aliphatic rings. The summed E-state index contributed by atoms with van der Waals surface area (Å²) in [5.74, 6) is -0.273. The van der Waals surface area contributed by atoms with Crippen molar-refractivity contribution in [3.05, 3.63) is 46.2 Å². The fourth-order valence-corrected chi connectivity index (χ4v) is 2.22. The Bertz CT molecular complexity index is 608. The molecule has 2 rings (SSSR count). The summed E-state index contributed by atoms with van der Waals surface area (Å²) in [4.78, 5) is 12.1. The normalized spacial score (nSPS) is 12.2. The molecular weight excluding hydrogens is 308 g/mol. The van der Waals surface area contributed by atoms with Gasteiger partial charge in [0, 0.05) is 17.7 Å². The minimum atomic E-state index is -0.273. The third kappa shape index (κ3) is 3.14. The van der Waals surface area contributed by atoms with Crippen molar-refractivity contribution in [1.82, 2.24) is 15.1 Å². The van der Waals surface area contributed by atoms with Crippen LogP contribution >= 0.6 is 15.9 Å². The number of nitrogens with one attached hydrogen (secondary N) is 1. The molecule has 1 atom stereocenters. The van der Waals surface area contributed by atoms with E-state index in [0.29, 0.717) is 5.69 Å². The number of nitrogens with zero attached hydrogens (tertiary/aromatic N) is 2. The van der Waals surface area contributed by atoms with Crippen LogP contribution in [0.4, 0.5) is 5.69 Å². The van der Waals surface area contributed by atoms with Gasteiger partial charge in [-0.3, -0.25) is 9.48 Å². The van der Waals surface area contributed by atoms with Gasteiger partial charge in [-0.05, 0) is 24.6 Å². The number of anilines is 1. The predicted octanol–water partition coefficient (Wildman–Crippen LogP) is 2.26. The molecule has 0 bridgehead atoms. The molecular formula is C13H15BrN4O. The summed E-state index contributed by atoms with van der Waals surface area (Å²) in [7, 11) is 1.73. The van der Waals surface area contributed by atoms with Gasteiger partial charge < -0.3 is 11.1 Å². The van der Waals surface area contributed by atoms with E-state index in [0.717, 1.165) is 10.0 Å². The first kappa shape index (κ1) is 13.6. The van der Waals surface area contributed by atoms with Gasteiger partial charge in [0.2, 0.25) is 0 Å². The number of aromatic nitrogens is 2. The van der Waals surface area contributed by atoms with Crippen molar-refractivity contribution < 1.29 is 4.79 Å². The zero-order valence-corrected chi connectivity index (χ0v) is 12.3. The zero-order valence-electron chi connectivity index (χ0n) is 10.7. The van der Waals surface area contributed by atoms with E-state index in [1.807, 2.05) is 31.2 Å². The maximum Gasteiger partial charge on any atom is 0.274 e. The highest BCUT2D eigenvalue weighted by atomic mass is 79.9. The van der Waals surface area contributed by atoms with E-state index >= 15 is 0 Å². The van der Waals surface area contributed by atoms with Crippen LogP contribution in [0.5, 0.6) is 0 Å². The number of nitrogens with two attached hydrogens (primary N) is 1. The third-order valence-electron chi connectivity index (χ3n) is 2.77. The maximum absolute atomic E-state index is 12.1. The van der Waals surface area contributed by atoms with Crippen molar-refractivity contribution >= 4 is 27.5 Å². The van der Waals surface area contributed by atoms with Crippen molar-refractivity contribution in [3.63, 3.8) is 0 Å². The molecule has 3 N–H and O–H groups in total. The molecule has 1 aromatic carbocycles. The summed E-state index contributed by atoms with van der Waals surface area (Å²) in [5.41, 5.74) is 7.37. The van der Waals surface area contributed by atoms with Gasteiger partial charge in [-0.15, -0.1) is 0 Å². The summed E-state index contributed by atoms with van der Waals surface area (Å²) < 4.78 is 2.50. The average Bonchev–Trinajstić information content (AvgIpc) is 2.68. The molecule has 0 aliphatic heterocycles. The van der Waals surface area contributed by atoms with Crippen LogP contribution in [0.15, 0.2) is 34.9 Å². The SMILES string of the molecule is CC(NC(=O)c1nn(C)cc1N)c1cccc(Br)c1. The molecule has 6 heteroatoms. The molecule has 0 fully saturated rings. The summed E-state index contributed by atoms with van der Waals surface area (Å²) in [6.45, 7) is 1.92. The predicted molar refractivity (Wildman–Crippen MR) is 77.6 cm³/mol. The topological polar surface area (TPSA) is 72.9 Å². The number of amides is 1. The first-order valence-electron chi connectivity index (χ1n) is 5.83. The van der Waals surface area contributed by atoms with E-state index in [2.05, 4.69) is 26.3 Å². The van der Waals surface area contributed by atoms with Gasteiger partial charge >= 0.3 is 0 Å². The quantitative estimate of drug-likeness (QED) is 0.910. The number of benzene rings is 1. The zero-order chi connectivity index (χ0) is 14.0. The molecule has 1 unspecified atom stereocenters. The molecule has 0 radical (unpaired) electrons. The largest absolute Gasteiger partial charge is 0.396 e. The van der Waals surface area contributed by atoms with E-state index in [4.69, 9.17) is 5.73 Å². The van der Waals surface area contributed by atoms with Gasteiger partial charge in [0.05, 0.1) is 11.7 Å². The Hall–Kier alpha value is -1.82. The second-order valence-electron chi connectivity index (χ2n) is 4.36. The molecule has 0 aliphatic carbocycles. The highest BCUT2D eigenvalue weighted by Gasteiger charge is 2.17. The van der Waals surface area contributed by atoms with Crippen molar-refractivity contribution in [2.24, 2.45) is 7.05 Å². The van der Waals surface area contributed by atoms with Crippen LogP contribution in [-0.4, -0.2) is 15.7 Å². The van der Waals surface area contributed by atoms with Crippen LogP contribution in [0.2, 0.25) is 0 Å². The highest BCUT2D eigenvalue weighted by molar-refractivity contribution is 9.10. The summed E-state index contributed by atoms with van der Waals surface area (Å²) in [6.07, 6.45) is 1.61. The van der Waals surface area contributed by atoms with E-state index in [9.17, 15) is 4.79 Å². The van der Waals surface area contributed by atoms with Crippen molar-refractivity contribution in [2.75, 3.05) is 5.73 Å². The Morgan fingerprint density at radius 1 is 1.53 bits per heavy atom. The number of rotatable bonds is 3. The minimum absolute atomic E-state index is 0.119. The smallest absolute Gasteiger partial charge is 0.274 e. The van der Waals surface area contributed by atoms with E-state index < -0.39 is 0 Å². The number of carbonyl (C=O) groups excluding carboxylic acids is 1. The Kier molecular flexibility index (Phi) is 3.90. The molecule has 0 saturated carbocycles. The Labute approximate surface area is 119 Å². The first-order chi connectivity index (χ1) is 8.97. The van der Waals surface area contributed by atoms with Crippen LogP contribution < -0.4 is 11.1 Å². The Balaban J connectivity index is 2.13. The lowest BCUT2D eigenvalue weighted by Crippen LogP contribution is -2.27. The third-order valence-corrected chi connectivity index (χ3v) is 3.26. The Morgan fingerprint density at radius 2 is 2.26 bits per heavy atom. The van der Waals surface area contributed by atoms with E-state index in [1.165, 1.54) is 4.68 Å². The van der Waals surface area contributed by atoms with Crippen LogP contribution in [0.3, 0.4) is 0 Å². The van der Waals surface area contributed by atoms with Gasteiger partial charge in [0.1, 0.15) is 0 Å². The van der Waals surface area contributed by atoms with Gasteiger partial charge in [0.15, 0.2) is 5.69 Å². The molecule has 1 aromatic heterocycles. The standard InChI is InChI=1S/C13H15BrN4O/c1-8(9-4-3-5-10(14)6-9)16-13(19)12-11(15)7-18(2)17-12/h3-8H,15H2,1-2H3,(H,16,19). The monoisotopic (exact) mass is 322 g/mol. The van der Waals surface area contributed by atoms with Gasteiger partial charge in [-0.2, -0.15) is 5.10 Å². The van der Waals surface area contributed by atoms with Crippen LogP contribution in [0.1, 0.15) is 29.0 Å². The van der Waals surface area contributed by atoms with Crippen molar-refractivity contribution in [2.45, 2.75) is 13.0 Å². The highest BCUT2D eigenvalue weighted by Crippen LogP contribution is 2.18. The van der Waals surface area contributed by atoms with Gasteiger partial charge in [-0.1, -0.05) is 28.1 Å². The second kappa shape index (κ2) is 5.44. The molecule has 0 saturated heterocycles. The molecule has 5 nitrogen and oxygen atoms in total. The van der Waals surface area contributed by atoms with Gasteiger partial charge in [0.25, 0.3) is 5.91 Å². The number of hydrogen-bond acceptors (Lipinski definition) is 3. The van der Waals surface area contributed by atoms with Crippen LogP contribution in [-0.2, 0) is 7.05 Å². The van der Waals surface area contributed by atoms with Crippen molar-refractivity contribution in [3.8, 4) is 0 Å². The van der Waals surface area contributed by atoms with Gasteiger partial charge in [-0.25, -0.2) is 0 Å². The number of nitrogen functional groups attached to an aromatic ring is 1. The lowest BCUT2D eigenvalue weighted by Gasteiger charge is -2.14. The fraction of sp³-hybridized carbons (Fsp3) is 0.231. The summed E-state index contributed by atoms with van der Waals surface area (Å²) >= 11 is 3.41. The summed E-state index contributed by atoms with van der Waals surface area (Å²) in [5, 5.41) is 6.92. The van der Waals surface area contributed by atoms with Crippen LogP contribution in [0, 0.1) is 0 Å². The van der Waals surface area contributed by atoms with Crippen LogP contribution in [0.25, 0.3) is 0 Å². The maximum atomic E-state index is 12.1. The molecule has 100 valence electrons. The fourth-order valence-electron chi connectivity index (χ4n) is 1.81. The lowest BCUT2D eigenvalue weighted by atomic mass is 10.1. The van der Waals surface area contributed by atoms with E-state index in [-0.39, 0.29) is 17.6 Å². The number of carbonyl (C=O) groups is 1. The number of halogens is 1. The molecule has 1 amide bonds. The number of aryl methyl sites for hydroxylation is 1. The number of hydrogen-bond donors (Lipinski definition) is 2. The Morgan fingerprint density at radius 3 is 2.84 bits per heavy atom. The second-order valence-corrected chi connectivity index (χ2v) is 5.27. The van der Waals surface area contributed by atoms with Crippen molar-refractivity contribution in [1.29, 1.82) is 0 Å². The minimum Gasteiger partial charge on any atom is -0.396 e. The molecule has 1 heterocycles. The molecule has 19 heavy (non-hydrogen) atoms. The first-order valence-corrected chi connectivity index (χ1v) is 6.62.